The Morgan fingerprint density at radius 2 is 2.11 bits per heavy atom. The Morgan fingerprint density at radius 1 is 1.42 bits per heavy atom. The van der Waals surface area contributed by atoms with Crippen LogP contribution in [0.15, 0.2) is 11.6 Å². The van der Waals surface area contributed by atoms with Crippen molar-refractivity contribution in [3.63, 3.8) is 0 Å². The van der Waals surface area contributed by atoms with E-state index in [0.717, 1.165) is 24.8 Å². The normalized spacial score (nSPS) is 41.2. The number of carbonyl (C=O) groups is 1. The number of hydrogen-bond acceptors (Lipinski definition) is 3. The molecule has 2 rings (SSSR count). The third-order valence-corrected chi connectivity index (χ3v) is 4.77. The van der Waals surface area contributed by atoms with Gasteiger partial charge in [0.2, 0.25) is 0 Å². The van der Waals surface area contributed by atoms with Crippen molar-refractivity contribution >= 4 is 5.78 Å². The Balaban J connectivity index is 2.26. The van der Waals surface area contributed by atoms with E-state index in [4.69, 9.17) is 4.74 Å². The van der Waals surface area contributed by atoms with Crippen LogP contribution in [0, 0.1) is 22.7 Å². The number of epoxide rings is 1. The first-order valence-corrected chi connectivity index (χ1v) is 7.06. The molecule has 3 heteroatoms. The largest absolute Gasteiger partial charge is 0.366 e. The molecule has 0 amide bonds. The smallest absolute Gasteiger partial charge is 0.159 e. The maximum Gasteiger partial charge on any atom is 0.159 e. The summed E-state index contributed by atoms with van der Waals surface area (Å²) in [4.78, 5) is 12.1. The summed E-state index contributed by atoms with van der Waals surface area (Å²) in [5.74, 6) is -0.129. The average Bonchev–Trinajstić information content (AvgIpc) is 2.93. The first-order valence-electron chi connectivity index (χ1n) is 7.06. The lowest BCUT2D eigenvalue weighted by Gasteiger charge is -2.29. The Labute approximate surface area is 115 Å². The van der Waals surface area contributed by atoms with Crippen LogP contribution in [0.25, 0.3) is 0 Å². The van der Waals surface area contributed by atoms with Gasteiger partial charge >= 0.3 is 0 Å². The summed E-state index contributed by atoms with van der Waals surface area (Å²) < 4.78 is 5.84. The van der Waals surface area contributed by atoms with Gasteiger partial charge in [-0.3, -0.25) is 4.79 Å². The molecular formula is C16H23NO2. The van der Waals surface area contributed by atoms with E-state index in [9.17, 15) is 10.1 Å². The van der Waals surface area contributed by atoms with Gasteiger partial charge in [-0.05, 0) is 44.1 Å². The summed E-state index contributed by atoms with van der Waals surface area (Å²) in [7, 11) is 0. The van der Waals surface area contributed by atoms with Gasteiger partial charge in [0.25, 0.3) is 0 Å². The van der Waals surface area contributed by atoms with E-state index in [1.165, 1.54) is 0 Å². The molecule has 1 fully saturated rings. The van der Waals surface area contributed by atoms with Crippen LogP contribution in [0.4, 0.5) is 0 Å². The fourth-order valence-electron chi connectivity index (χ4n) is 2.92. The molecule has 0 N–H and O–H groups in total. The minimum absolute atomic E-state index is 0.0541. The summed E-state index contributed by atoms with van der Waals surface area (Å²) in [6.07, 6.45) is 5.25. The molecule has 19 heavy (non-hydrogen) atoms. The van der Waals surface area contributed by atoms with Gasteiger partial charge in [0, 0.05) is 6.42 Å². The Hall–Kier alpha value is -1.14. The summed E-state index contributed by atoms with van der Waals surface area (Å²) in [6.45, 7) is 8.15. The SMILES string of the molecule is C/C1=C/CC[C@]2(C)O[C@H]2CC(C)(C)[C@@H](C#N)CC1=O. The molecule has 1 saturated heterocycles. The highest BCUT2D eigenvalue weighted by Gasteiger charge is 2.54. The molecule has 0 bridgehead atoms. The number of fused-ring (bicyclic) bond motifs is 1. The zero-order valence-corrected chi connectivity index (χ0v) is 12.3. The van der Waals surface area contributed by atoms with Crippen molar-refractivity contribution in [2.75, 3.05) is 0 Å². The zero-order valence-electron chi connectivity index (χ0n) is 12.3. The maximum atomic E-state index is 12.1. The zero-order chi connectivity index (χ0) is 14.3. The predicted octanol–water partition coefficient (Wildman–Crippen LogP) is 3.40. The molecular weight excluding hydrogens is 238 g/mol. The standard InChI is InChI=1S/C16H23NO2/c1-11-6-5-7-16(4)14(19-16)9-15(2,3)12(10-17)8-13(11)18/h6,12,14H,5,7-9H2,1-4H3/b11-6-/t12-,14+,16+/m1/s1. The number of allylic oxidation sites excluding steroid dienone is 2. The number of Topliss-reactive ketones (excluding diaryl/α,β-unsaturated/α-hetero) is 1. The van der Waals surface area contributed by atoms with Gasteiger partial charge in [0.15, 0.2) is 5.78 Å². The van der Waals surface area contributed by atoms with Gasteiger partial charge in [0.05, 0.1) is 23.7 Å². The first-order chi connectivity index (χ1) is 8.78. The number of nitriles is 1. The summed E-state index contributed by atoms with van der Waals surface area (Å²) >= 11 is 0. The average molecular weight is 261 g/mol. The van der Waals surface area contributed by atoms with E-state index in [2.05, 4.69) is 26.8 Å². The Bertz CT molecular complexity index is 458. The van der Waals surface area contributed by atoms with Crippen LogP contribution >= 0.6 is 0 Å². The monoisotopic (exact) mass is 261 g/mol. The van der Waals surface area contributed by atoms with Crippen molar-refractivity contribution in [3.8, 4) is 6.07 Å². The number of rotatable bonds is 0. The summed E-state index contributed by atoms with van der Waals surface area (Å²) in [6, 6.07) is 2.33. The van der Waals surface area contributed by atoms with Crippen LogP contribution < -0.4 is 0 Å². The van der Waals surface area contributed by atoms with E-state index in [1.54, 1.807) is 0 Å². The fraction of sp³-hybridized carbons (Fsp3) is 0.750. The van der Waals surface area contributed by atoms with Crippen LogP contribution in [0.5, 0.6) is 0 Å². The number of carbonyl (C=O) groups excluding carboxylic acids is 1. The van der Waals surface area contributed by atoms with E-state index in [-0.39, 0.29) is 28.8 Å². The van der Waals surface area contributed by atoms with Gasteiger partial charge in [-0.2, -0.15) is 5.26 Å². The van der Waals surface area contributed by atoms with Crippen molar-refractivity contribution in [2.24, 2.45) is 11.3 Å². The number of nitrogens with zero attached hydrogens (tertiary/aromatic N) is 1. The highest BCUT2D eigenvalue weighted by atomic mass is 16.6. The van der Waals surface area contributed by atoms with Crippen LogP contribution in [-0.4, -0.2) is 17.5 Å². The predicted molar refractivity (Wildman–Crippen MR) is 73.4 cm³/mol. The van der Waals surface area contributed by atoms with E-state index in [0.29, 0.717) is 6.42 Å². The molecule has 0 radical (unpaired) electrons. The minimum atomic E-state index is -0.241. The van der Waals surface area contributed by atoms with E-state index < -0.39 is 0 Å². The van der Waals surface area contributed by atoms with Gasteiger partial charge in [-0.1, -0.05) is 19.9 Å². The second kappa shape index (κ2) is 4.76. The molecule has 0 aromatic rings. The molecule has 3 nitrogen and oxygen atoms in total. The Morgan fingerprint density at radius 3 is 2.74 bits per heavy atom. The summed E-state index contributed by atoms with van der Waals surface area (Å²) in [5.41, 5.74) is 0.553. The van der Waals surface area contributed by atoms with E-state index in [1.807, 2.05) is 13.0 Å². The van der Waals surface area contributed by atoms with Crippen LogP contribution in [0.3, 0.4) is 0 Å². The number of ketones is 1. The van der Waals surface area contributed by atoms with Crippen molar-refractivity contribution in [1.29, 1.82) is 5.26 Å². The van der Waals surface area contributed by atoms with E-state index >= 15 is 0 Å². The molecule has 0 spiro atoms. The number of hydrogen-bond donors (Lipinski definition) is 0. The van der Waals surface area contributed by atoms with Crippen LogP contribution in [-0.2, 0) is 9.53 Å². The third kappa shape index (κ3) is 2.90. The fourth-order valence-corrected chi connectivity index (χ4v) is 2.92. The first kappa shape index (κ1) is 14.3. The molecule has 0 saturated carbocycles. The van der Waals surface area contributed by atoms with Crippen molar-refractivity contribution in [3.05, 3.63) is 11.6 Å². The molecule has 0 unspecified atom stereocenters. The van der Waals surface area contributed by atoms with Crippen LogP contribution in [0.1, 0.15) is 53.4 Å². The second-order valence-corrected chi connectivity index (χ2v) is 6.85. The highest BCUT2D eigenvalue weighted by molar-refractivity contribution is 5.95. The Kier molecular flexibility index (Phi) is 3.57. The van der Waals surface area contributed by atoms with Crippen molar-refractivity contribution in [1.82, 2.24) is 0 Å². The van der Waals surface area contributed by atoms with Gasteiger partial charge in [0.1, 0.15) is 0 Å². The molecule has 0 aromatic carbocycles. The van der Waals surface area contributed by atoms with Gasteiger partial charge in [-0.15, -0.1) is 0 Å². The molecule has 3 atom stereocenters. The van der Waals surface area contributed by atoms with Crippen LogP contribution in [0.2, 0.25) is 0 Å². The molecule has 1 aliphatic heterocycles. The van der Waals surface area contributed by atoms with Crippen molar-refractivity contribution < 1.29 is 9.53 Å². The van der Waals surface area contributed by atoms with Gasteiger partial charge in [-0.25, -0.2) is 0 Å². The highest BCUT2D eigenvalue weighted by Crippen LogP contribution is 2.49. The van der Waals surface area contributed by atoms with Crippen molar-refractivity contribution in [2.45, 2.75) is 65.1 Å². The minimum Gasteiger partial charge on any atom is -0.366 e. The number of ether oxygens (including phenoxy) is 1. The molecule has 104 valence electrons. The molecule has 2 aliphatic rings. The lowest BCUT2D eigenvalue weighted by Crippen LogP contribution is -2.28. The molecule has 1 heterocycles. The van der Waals surface area contributed by atoms with Gasteiger partial charge < -0.3 is 4.74 Å². The lowest BCUT2D eigenvalue weighted by molar-refractivity contribution is -0.116. The second-order valence-electron chi connectivity index (χ2n) is 6.85. The quantitative estimate of drug-likeness (QED) is 0.628. The molecule has 1 aliphatic carbocycles. The lowest BCUT2D eigenvalue weighted by atomic mass is 9.72. The topological polar surface area (TPSA) is 53.4 Å². The molecule has 0 aromatic heterocycles. The maximum absolute atomic E-state index is 12.1. The summed E-state index contributed by atoms with van der Waals surface area (Å²) in [5, 5.41) is 9.38. The third-order valence-electron chi connectivity index (χ3n) is 4.77.